The Kier molecular flexibility index (Phi) is 4.80. The number of rotatable bonds is 4. The zero-order valence-electron chi connectivity index (χ0n) is 11.7. The molecule has 1 heterocycles. The smallest absolute Gasteiger partial charge is 0.256 e. The van der Waals surface area contributed by atoms with E-state index in [1.165, 1.54) is 0 Å². The molecular formula is C15H22N2O2. The molecule has 4 heteroatoms. The van der Waals surface area contributed by atoms with E-state index in [9.17, 15) is 4.79 Å². The maximum absolute atomic E-state index is 12.5. The van der Waals surface area contributed by atoms with Gasteiger partial charge in [-0.05, 0) is 31.0 Å². The van der Waals surface area contributed by atoms with Crippen LogP contribution in [0.15, 0.2) is 18.2 Å². The van der Waals surface area contributed by atoms with Gasteiger partial charge in [-0.25, -0.2) is 0 Å². The molecule has 19 heavy (non-hydrogen) atoms. The molecule has 104 valence electrons. The summed E-state index contributed by atoms with van der Waals surface area (Å²) in [6.07, 6.45) is 1.04. The molecule has 0 saturated carbocycles. The standard InChI is InChI=1S/C15H22N2O2/c1-3-6-16-14-11-12(2)4-5-13(14)15(18)17-7-9-19-10-8-17/h4-5,11,16H,3,6-10H2,1-2H3. The highest BCUT2D eigenvalue weighted by atomic mass is 16.5. The summed E-state index contributed by atoms with van der Waals surface area (Å²) in [5.41, 5.74) is 2.87. The lowest BCUT2D eigenvalue weighted by Gasteiger charge is -2.27. The van der Waals surface area contributed by atoms with Gasteiger partial charge in [-0.2, -0.15) is 0 Å². The number of amides is 1. The molecule has 0 atom stereocenters. The van der Waals surface area contributed by atoms with Crippen molar-refractivity contribution in [2.45, 2.75) is 20.3 Å². The Morgan fingerprint density at radius 3 is 2.79 bits per heavy atom. The van der Waals surface area contributed by atoms with Crippen molar-refractivity contribution >= 4 is 11.6 Å². The van der Waals surface area contributed by atoms with Gasteiger partial charge < -0.3 is 15.0 Å². The van der Waals surface area contributed by atoms with Crippen molar-refractivity contribution in [1.29, 1.82) is 0 Å². The van der Waals surface area contributed by atoms with Gasteiger partial charge in [-0.3, -0.25) is 4.79 Å². The lowest BCUT2D eigenvalue weighted by atomic mass is 10.1. The second kappa shape index (κ2) is 6.57. The number of aryl methyl sites for hydroxylation is 1. The number of hydrogen-bond donors (Lipinski definition) is 1. The number of carbonyl (C=O) groups excluding carboxylic acids is 1. The Bertz CT molecular complexity index is 440. The summed E-state index contributed by atoms with van der Waals surface area (Å²) in [6.45, 7) is 7.67. The predicted octanol–water partition coefficient (Wildman–Crippen LogP) is 2.29. The molecule has 1 fully saturated rings. The molecule has 0 radical (unpaired) electrons. The molecule has 1 N–H and O–H groups in total. The van der Waals surface area contributed by atoms with E-state index in [1.54, 1.807) is 0 Å². The molecule has 1 amide bonds. The monoisotopic (exact) mass is 262 g/mol. The van der Waals surface area contributed by atoms with Gasteiger partial charge in [-0.1, -0.05) is 13.0 Å². The van der Waals surface area contributed by atoms with Crippen LogP contribution in [0, 0.1) is 6.92 Å². The van der Waals surface area contributed by atoms with Crippen molar-refractivity contribution in [3.8, 4) is 0 Å². The molecule has 4 nitrogen and oxygen atoms in total. The minimum Gasteiger partial charge on any atom is -0.384 e. The molecule has 0 unspecified atom stereocenters. The summed E-state index contributed by atoms with van der Waals surface area (Å²) in [4.78, 5) is 14.4. The Labute approximate surface area is 114 Å². The molecule has 1 saturated heterocycles. The second-order valence-electron chi connectivity index (χ2n) is 4.88. The zero-order chi connectivity index (χ0) is 13.7. The summed E-state index contributed by atoms with van der Waals surface area (Å²) in [5, 5.41) is 3.35. The largest absolute Gasteiger partial charge is 0.384 e. The predicted molar refractivity (Wildman–Crippen MR) is 76.7 cm³/mol. The van der Waals surface area contributed by atoms with Crippen LogP contribution in [0.25, 0.3) is 0 Å². The normalized spacial score (nSPS) is 15.4. The van der Waals surface area contributed by atoms with Gasteiger partial charge >= 0.3 is 0 Å². The van der Waals surface area contributed by atoms with E-state index in [-0.39, 0.29) is 5.91 Å². The van der Waals surface area contributed by atoms with Crippen LogP contribution in [0.5, 0.6) is 0 Å². The van der Waals surface area contributed by atoms with E-state index in [0.717, 1.165) is 29.8 Å². The number of carbonyl (C=O) groups is 1. The van der Waals surface area contributed by atoms with Gasteiger partial charge in [0.15, 0.2) is 0 Å². The molecular weight excluding hydrogens is 240 g/mol. The van der Waals surface area contributed by atoms with E-state index in [2.05, 4.69) is 12.2 Å². The Hall–Kier alpha value is -1.55. The Morgan fingerprint density at radius 2 is 2.11 bits per heavy atom. The number of anilines is 1. The second-order valence-corrected chi connectivity index (χ2v) is 4.88. The van der Waals surface area contributed by atoms with Crippen LogP contribution in [0.2, 0.25) is 0 Å². The van der Waals surface area contributed by atoms with Crippen molar-refractivity contribution in [2.75, 3.05) is 38.2 Å². The molecule has 2 rings (SSSR count). The lowest BCUT2D eigenvalue weighted by Crippen LogP contribution is -2.40. The molecule has 1 aromatic rings. The number of nitrogens with one attached hydrogen (secondary N) is 1. The first-order valence-corrected chi connectivity index (χ1v) is 6.94. The zero-order valence-corrected chi connectivity index (χ0v) is 11.7. The van der Waals surface area contributed by atoms with Crippen LogP contribution >= 0.6 is 0 Å². The first-order valence-electron chi connectivity index (χ1n) is 6.94. The first-order chi connectivity index (χ1) is 9.22. The van der Waals surface area contributed by atoms with E-state index >= 15 is 0 Å². The number of hydrogen-bond acceptors (Lipinski definition) is 3. The van der Waals surface area contributed by atoms with Crippen LogP contribution in [0.4, 0.5) is 5.69 Å². The topological polar surface area (TPSA) is 41.6 Å². The van der Waals surface area contributed by atoms with E-state index in [1.807, 2.05) is 30.0 Å². The van der Waals surface area contributed by atoms with Crippen molar-refractivity contribution in [2.24, 2.45) is 0 Å². The highest BCUT2D eigenvalue weighted by molar-refractivity contribution is 5.99. The number of morpholine rings is 1. The van der Waals surface area contributed by atoms with Crippen LogP contribution in [-0.4, -0.2) is 43.7 Å². The summed E-state index contributed by atoms with van der Waals surface area (Å²) in [6, 6.07) is 5.96. The SMILES string of the molecule is CCCNc1cc(C)ccc1C(=O)N1CCOCC1. The average Bonchev–Trinajstić information content (AvgIpc) is 2.45. The van der Waals surface area contributed by atoms with Crippen LogP contribution in [-0.2, 0) is 4.74 Å². The van der Waals surface area contributed by atoms with Gasteiger partial charge in [0.1, 0.15) is 0 Å². The maximum Gasteiger partial charge on any atom is 0.256 e. The van der Waals surface area contributed by atoms with Gasteiger partial charge in [0.25, 0.3) is 5.91 Å². The molecule has 0 aliphatic carbocycles. The van der Waals surface area contributed by atoms with Gasteiger partial charge in [0, 0.05) is 25.3 Å². The van der Waals surface area contributed by atoms with Crippen molar-refractivity contribution in [1.82, 2.24) is 4.90 Å². The van der Waals surface area contributed by atoms with Crippen LogP contribution in [0.3, 0.4) is 0 Å². The number of nitrogens with zero attached hydrogens (tertiary/aromatic N) is 1. The van der Waals surface area contributed by atoms with Crippen LogP contribution in [0.1, 0.15) is 29.3 Å². The summed E-state index contributed by atoms with van der Waals surface area (Å²) >= 11 is 0. The lowest BCUT2D eigenvalue weighted by molar-refractivity contribution is 0.0303. The molecule has 1 aromatic carbocycles. The molecule has 1 aliphatic rings. The van der Waals surface area contributed by atoms with Gasteiger partial charge in [-0.15, -0.1) is 0 Å². The summed E-state index contributed by atoms with van der Waals surface area (Å²) in [7, 11) is 0. The number of ether oxygens (including phenoxy) is 1. The third-order valence-corrected chi connectivity index (χ3v) is 3.27. The van der Waals surface area contributed by atoms with Crippen LogP contribution < -0.4 is 5.32 Å². The fraction of sp³-hybridized carbons (Fsp3) is 0.533. The summed E-state index contributed by atoms with van der Waals surface area (Å²) < 4.78 is 5.29. The summed E-state index contributed by atoms with van der Waals surface area (Å²) in [5.74, 6) is 0.0990. The van der Waals surface area contributed by atoms with Crippen molar-refractivity contribution < 1.29 is 9.53 Å². The Morgan fingerprint density at radius 1 is 1.37 bits per heavy atom. The quantitative estimate of drug-likeness (QED) is 0.905. The maximum atomic E-state index is 12.5. The fourth-order valence-corrected chi connectivity index (χ4v) is 2.19. The average molecular weight is 262 g/mol. The van der Waals surface area contributed by atoms with Crippen molar-refractivity contribution in [3.05, 3.63) is 29.3 Å². The van der Waals surface area contributed by atoms with Crippen molar-refractivity contribution in [3.63, 3.8) is 0 Å². The third-order valence-electron chi connectivity index (χ3n) is 3.27. The molecule has 0 aromatic heterocycles. The Balaban J connectivity index is 2.19. The molecule has 0 spiro atoms. The highest BCUT2D eigenvalue weighted by Crippen LogP contribution is 2.20. The highest BCUT2D eigenvalue weighted by Gasteiger charge is 2.20. The van der Waals surface area contributed by atoms with Gasteiger partial charge in [0.2, 0.25) is 0 Å². The molecule has 1 aliphatic heterocycles. The van der Waals surface area contributed by atoms with E-state index < -0.39 is 0 Å². The minimum absolute atomic E-state index is 0.0990. The number of benzene rings is 1. The first kappa shape index (κ1) is 13.9. The minimum atomic E-state index is 0.0990. The third kappa shape index (κ3) is 3.47. The molecule has 0 bridgehead atoms. The fourth-order valence-electron chi connectivity index (χ4n) is 2.19. The van der Waals surface area contributed by atoms with Gasteiger partial charge in [0.05, 0.1) is 18.8 Å². The van der Waals surface area contributed by atoms with E-state index in [0.29, 0.717) is 26.3 Å². The van der Waals surface area contributed by atoms with E-state index in [4.69, 9.17) is 4.74 Å².